The summed E-state index contributed by atoms with van der Waals surface area (Å²) in [6.45, 7) is 4.19. The molecule has 0 spiro atoms. The molecule has 1 nitrogen and oxygen atoms in total. The van der Waals surface area contributed by atoms with Crippen LogP contribution in [0.2, 0.25) is 0 Å². The number of hydrogen-bond acceptors (Lipinski definition) is 2. The monoisotopic (exact) mass is 289 g/mol. The molecular weight excluding hydrogens is 269 g/mol. The van der Waals surface area contributed by atoms with Crippen LogP contribution in [0.5, 0.6) is 0 Å². The molecule has 0 aromatic heterocycles. The maximum atomic E-state index is 13.6. The summed E-state index contributed by atoms with van der Waals surface area (Å²) < 4.78 is 13.6. The van der Waals surface area contributed by atoms with E-state index in [1.54, 1.807) is 12.1 Å². The van der Waals surface area contributed by atoms with Crippen molar-refractivity contribution in [3.8, 4) is 0 Å². The van der Waals surface area contributed by atoms with Crippen molar-refractivity contribution in [3.05, 3.63) is 59.4 Å². The number of nitrogens with two attached hydrogens (primary N) is 1. The Kier molecular flexibility index (Phi) is 5.21. The molecule has 0 aliphatic rings. The van der Waals surface area contributed by atoms with Crippen LogP contribution in [-0.2, 0) is 6.42 Å². The summed E-state index contributed by atoms with van der Waals surface area (Å²) in [6, 6.07) is 13.3. The van der Waals surface area contributed by atoms with Crippen LogP contribution in [0.3, 0.4) is 0 Å². The van der Waals surface area contributed by atoms with Crippen molar-refractivity contribution >= 4 is 11.8 Å². The van der Waals surface area contributed by atoms with Gasteiger partial charge in [0.25, 0.3) is 0 Å². The molecule has 3 heteroatoms. The van der Waals surface area contributed by atoms with Crippen LogP contribution >= 0.6 is 11.8 Å². The maximum absolute atomic E-state index is 13.6. The predicted molar refractivity (Wildman–Crippen MR) is 83.7 cm³/mol. The molecular formula is C17H20FNS. The third kappa shape index (κ3) is 3.84. The molecule has 1 atom stereocenters. The van der Waals surface area contributed by atoms with E-state index >= 15 is 0 Å². The van der Waals surface area contributed by atoms with Gasteiger partial charge < -0.3 is 5.73 Å². The minimum atomic E-state index is -0.174. The minimum absolute atomic E-state index is 0.174. The molecule has 2 aromatic rings. The van der Waals surface area contributed by atoms with Gasteiger partial charge in [-0.05, 0) is 55.2 Å². The molecule has 0 saturated carbocycles. The zero-order valence-electron chi connectivity index (χ0n) is 11.9. The lowest BCUT2D eigenvalue weighted by molar-refractivity contribution is 0.602. The van der Waals surface area contributed by atoms with Crippen LogP contribution in [-0.4, -0.2) is 6.04 Å². The fourth-order valence-corrected chi connectivity index (χ4v) is 2.98. The topological polar surface area (TPSA) is 26.0 Å². The lowest BCUT2D eigenvalue weighted by Crippen LogP contribution is -2.21. The van der Waals surface area contributed by atoms with Gasteiger partial charge in [-0.3, -0.25) is 0 Å². The van der Waals surface area contributed by atoms with Crippen LogP contribution in [0.1, 0.15) is 24.5 Å². The molecule has 0 heterocycles. The van der Waals surface area contributed by atoms with Crippen molar-refractivity contribution in [2.24, 2.45) is 5.73 Å². The van der Waals surface area contributed by atoms with E-state index in [1.807, 2.05) is 12.1 Å². The average molecular weight is 289 g/mol. The molecule has 20 heavy (non-hydrogen) atoms. The Hall–Kier alpha value is -1.32. The van der Waals surface area contributed by atoms with Crippen molar-refractivity contribution in [2.75, 3.05) is 0 Å². The highest BCUT2D eigenvalue weighted by molar-refractivity contribution is 7.99. The van der Waals surface area contributed by atoms with E-state index in [0.717, 1.165) is 17.7 Å². The summed E-state index contributed by atoms with van der Waals surface area (Å²) >= 11 is 1.46. The summed E-state index contributed by atoms with van der Waals surface area (Å²) in [5.74, 6) is -0.174. The fourth-order valence-electron chi connectivity index (χ4n) is 2.04. The molecule has 0 saturated heterocycles. The zero-order chi connectivity index (χ0) is 14.5. The van der Waals surface area contributed by atoms with Gasteiger partial charge in [-0.25, -0.2) is 4.39 Å². The Labute approximate surface area is 124 Å². The Morgan fingerprint density at radius 2 is 1.95 bits per heavy atom. The first-order chi connectivity index (χ1) is 9.60. The molecule has 0 bridgehead atoms. The van der Waals surface area contributed by atoms with E-state index in [4.69, 9.17) is 5.73 Å². The molecule has 0 amide bonds. The van der Waals surface area contributed by atoms with Crippen LogP contribution < -0.4 is 5.73 Å². The zero-order valence-corrected chi connectivity index (χ0v) is 12.7. The van der Waals surface area contributed by atoms with Gasteiger partial charge >= 0.3 is 0 Å². The first-order valence-corrected chi connectivity index (χ1v) is 7.69. The Morgan fingerprint density at radius 1 is 1.20 bits per heavy atom. The first kappa shape index (κ1) is 15.1. The van der Waals surface area contributed by atoms with Crippen molar-refractivity contribution in [1.82, 2.24) is 0 Å². The molecule has 2 aromatic carbocycles. The summed E-state index contributed by atoms with van der Waals surface area (Å²) in [5.41, 5.74) is 8.49. The molecule has 0 radical (unpaired) electrons. The molecule has 106 valence electrons. The van der Waals surface area contributed by atoms with Crippen LogP contribution in [0.15, 0.2) is 52.3 Å². The van der Waals surface area contributed by atoms with E-state index in [0.29, 0.717) is 4.90 Å². The van der Waals surface area contributed by atoms with Crippen molar-refractivity contribution in [1.29, 1.82) is 0 Å². The summed E-state index contributed by atoms with van der Waals surface area (Å²) in [6.07, 6.45) is 1.87. The van der Waals surface area contributed by atoms with E-state index < -0.39 is 0 Å². The van der Waals surface area contributed by atoms with Gasteiger partial charge in [-0.1, -0.05) is 36.9 Å². The van der Waals surface area contributed by atoms with Crippen LogP contribution in [0, 0.1) is 12.7 Å². The SMILES string of the molecule is CCC(N)Cc1ccc(Sc2ccccc2F)cc1C. The highest BCUT2D eigenvalue weighted by Crippen LogP contribution is 2.31. The smallest absolute Gasteiger partial charge is 0.137 e. The van der Waals surface area contributed by atoms with E-state index in [-0.39, 0.29) is 11.9 Å². The average Bonchev–Trinajstić information content (AvgIpc) is 2.44. The molecule has 1 unspecified atom stereocenters. The number of halogens is 1. The van der Waals surface area contributed by atoms with E-state index in [9.17, 15) is 4.39 Å². The molecule has 2 rings (SSSR count). The summed E-state index contributed by atoms with van der Waals surface area (Å²) in [4.78, 5) is 1.71. The van der Waals surface area contributed by atoms with E-state index in [1.165, 1.54) is 29.0 Å². The molecule has 0 fully saturated rings. The molecule has 0 aliphatic heterocycles. The largest absolute Gasteiger partial charge is 0.327 e. The van der Waals surface area contributed by atoms with Gasteiger partial charge in [0.1, 0.15) is 5.82 Å². The second-order valence-electron chi connectivity index (χ2n) is 4.99. The Balaban J connectivity index is 2.15. The minimum Gasteiger partial charge on any atom is -0.327 e. The molecule has 0 aliphatic carbocycles. The molecule has 2 N–H and O–H groups in total. The standard InChI is InChI=1S/C17H20FNS/c1-3-14(19)11-13-8-9-15(10-12(13)2)20-17-7-5-4-6-16(17)18/h4-10,14H,3,11,19H2,1-2H3. The number of benzene rings is 2. The second kappa shape index (κ2) is 6.91. The second-order valence-corrected chi connectivity index (χ2v) is 6.11. The van der Waals surface area contributed by atoms with Crippen molar-refractivity contribution in [3.63, 3.8) is 0 Å². The first-order valence-electron chi connectivity index (χ1n) is 6.87. The lowest BCUT2D eigenvalue weighted by atomic mass is 10.0. The fraction of sp³-hybridized carbons (Fsp3) is 0.294. The van der Waals surface area contributed by atoms with Crippen LogP contribution in [0.4, 0.5) is 4.39 Å². The van der Waals surface area contributed by atoms with Gasteiger partial charge in [0.05, 0.1) is 0 Å². The highest BCUT2D eigenvalue weighted by Gasteiger charge is 2.07. The third-order valence-corrected chi connectivity index (χ3v) is 4.43. The van der Waals surface area contributed by atoms with Gasteiger partial charge in [0.15, 0.2) is 0 Å². The summed E-state index contributed by atoms with van der Waals surface area (Å²) in [5, 5.41) is 0. The quantitative estimate of drug-likeness (QED) is 0.873. The Morgan fingerprint density at radius 3 is 2.60 bits per heavy atom. The maximum Gasteiger partial charge on any atom is 0.137 e. The van der Waals surface area contributed by atoms with Gasteiger partial charge in [-0.2, -0.15) is 0 Å². The third-order valence-electron chi connectivity index (χ3n) is 3.38. The van der Waals surface area contributed by atoms with Gasteiger partial charge in [0, 0.05) is 15.8 Å². The van der Waals surface area contributed by atoms with Gasteiger partial charge in [0.2, 0.25) is 0 Å². The Bertz CT molecular complexity index is 583. The van der Waals surface area contributed by atoms with Gasteiger partial charge in [-0.15, -0.1) is 0 Å². The van der Waals surface area contributed by atoms with Crippen LogP contribution in [0.25, 0.3) is 0 Å². The van der Waals surface area contributed by atoms with Crippen molar-refractivity contribution in [2.45, 2.75) is 42.5 Å². The highest BCUT2D eigenvalue weighted by atomic mass is 32.2. The van der Waals surface area contributed by atoms with Crippen molar-refractivity contribution < 1.29 is 4.39 Å². The van der Waals surface area contributed by atoms with E-state index in [2.05, 4.69) is 26.0 Å². The number of aryl methyl sites for hydroxylation is 1. The predicted octanol–water partition coefficient (Wildman–Crippen LogP) is 4.57. The number of rotatable bonds is 5. The summed E-state index contributed by atoms with van der Waals surface area (Å²) in [7, 11) is 0. The number of hydrogen-bond donors (Lipinski definition) is 1. The normalized spacial score (nSPS) is 12.4. The lowest BCUT2D eigenvalue weighted by Gasteiger charge is -2.12.